The molecule has 0 aliphatic carbocycles. The summed E-state index contributed by atoms with van der Waals surface area (Å²) in [6.45, 7) is 3.32. The lowest BCUT2D eigenvalue weighted by Crippen LogP contribution is -2.35. The van der Waals surface area contributed by atoms with E-state index in [2.05, 4.69) is 96.3 Å². The van der Waals surface area contributed by atoms with E-state index >= 15 is 0 Å². The fraction of sp³-hybridized carbons (Fsp3) is 0.250. The number of hydrogen-bond donors (Lipinski definition) is 2. The first-order valence-corrected chi connectivity index (χ1v) is 12.8. The van der Waals surface area contributed by atoms with Gasteiger partial charge in [0.15, 0.2) is 5.60 Å². The van der Waals surface area contributed by atoms with Crippen molar-refractivity contribution in [1.29, 1.82) is 0 Å². The van der Waals surface area contributed by atoms with Crippen molar-refractivity contribution >= 4 is 16.8 Å². The van der Waals surface area contributed by atoms with Crippen LogP contribution in [0.5, 0.6) is 5.75 Å². The molecule has 0 bridgehead atoms. The van der Waals surface area contributed by atoms with Crippen molar-refractivity contribution in [3.8, 4) is 5.75 Å². The molecule has 0 radical (unpaired) electrons. The molecule has 190 valence electrons. The summed E-state index contributed by atoms with van der Waals surface area (Å²) >= 11 is 0. The van der Waals surface area contributed by atoms with Gasteiger partial charge in [-0.15, -0.1) is 0 Å². The van der Waals surface area contributed by atoms with E-state index in [0.29, 0.717) is 39.5 Å². The van der Waals surface area contributed by atoms with Gasteiger partial charge >= 0.3 is 0 Å². The van der Waals surface area contributed by atoms with Crippen molar-refractivity contribution in [3.05, 3.63) is 119 Å². The Kier molecular flexibility index (Phi) is 8.28. The monoisotopic (exact) mass is 495 g/mol. The lowest BCUT2D eigenvalue weighted by Gasteiger charge is -2.37. The number of rotatable bonds is 12. The minimum atomic E-state index is -0.718. The van der Waals surface area contributed by atoms with E-state index in [9.17, 15) is 0 Å². The van der Waals surface area contributed by atoms with Crippen LogP contribution in [0.25, 0.3) is 16.8 Å². The highest BCUT2D eigenvalue weighted by molar-refractivity contribution is 5.95. The average Bonchev–Trinajstić information content (AvgIpc) is 2.97. The largest absolute Gasteiger partial charge is 0.473 e. The Morgan fingerprint density at radius 3 is 2.11 bits per heavy atom. The number of benzene rings is 4. The fourth-order valence-electron chi connectivity index (χ4n) is 4.83. The maximum absolute atomic E-state index is 8.77. The van der Waals surface area contributed by atoms with Crippen LogP contribution in [0.2, 0.25) is 0 Å². The third kappa shape index (κ3) is 5.60. The van der Waals surface area contributed by atoms with Gasteiger partial charge in [-0.1, -0.05) is 84.9 Å². The van der Waals surface area contributed by atoms with Crippen molar-refractivity contribution in [2.24, 2.45) is 0 Å². The highest BCUT2D eigenvalue weighted by atomic mass is 16.5. The zero-order valence-corrected chi connectivity index (χ0v) is 20.9. The lowest BCUT2D eigenvalue weighted by molar-refractivity contribution is 0.0339. The maximum atomic E-state index is 8.77. The molecule has 5 rings (SSSR count). The van der Waals surface area contributed by atoms with Crippen molar-refractivity contribution in [2.45, 2.75) is 12.1 Å². The Morgan fingerprint density at radius 1 is 0.757 bits per heavy atom. The zero-order valence-electron chi connectivity index (χ0n) is 20.9. The van der Waals surface area contributed by atoms with E-state index in [1.54, 1.807) is 0 Å². The fourth-order valence-corrected chi connectivity index (χ4v) is 4.83. The number of fused-ring (bicyclic) bond motifs is 3. The molecule has 2 N–H and O–H groups in total. The highest BCUT2D eigenvalue weighted by Crippen LogP contribution is 2.45. The van der Waals surface area contributed by atoms with Crippen LogP contribution < -0.4 is 10.1 Å². The topological polar surface area (TPSA) is 60.0 Å². The van der Waals surface area contributed by atoms with Crippen molar-refractivity contribution in [2.75, 3.05) is 39.6 Å². The highest BCUT2D eigenvalue weighted by Gasteiger charge is 2.38. The van der Waals surface area contributed by atoms with Crippen molar-refractivity contribution in [3.63, 3.8) is 0 Å². The molecule has 0 atom stereocenters. The molecule has 37 heavy (non-hydrogen) atoms. The summed E-state index contributed by atoms with van der Waals surface area (Å²) in [5.74, 6) is 0.903. The third-order valence-corrected chi connectivity index (χ3v) is 6.62. The smallest absolute Gasteiger partial charge is 0.178 e. The molecule has 0 saturated carbocycles. The Hall–Kier alpha value is -3.48. The summed E-state index contributed by atoms with van der Waals surface area (Å²) in [6.07, 6.45) is 4.41. The molecule has 4 aromatic carbocycles. The van der Waals surface area contributed by atoms with Crippen LogP contribution in [0.15, 0.2) is 97.1 Å². The second-order valence-electron chi connectivity index (χ2n) is 9.03. The predicted octanol–water partition coefficient (Wildman–Crippen LogP) is 5.30. The van der Waals surface area contributed by atoms with Gasteiger partial charge in [0.05, 0.1) is 33.0 Å². The van der Waals surface area contributed by atoms with Gasteiger partial charge in [0, 0.05) is 35.3 Å². The number of nitrogens with one attached hydrogen (secondary N) is 1. The average molecular weight is 496 g/mol. The van der Waals surface area contributed by atoms with Crippen LogP contribution in [0.1, 0.15) is 22.3 Å². The Balaban J connectivity index is 1.43. The molecule has 1 aliphatic rings. The molecule has 5 heteroatoms. The number of ether oxygens (including phenoxy) is 3. The SMILES string of the molecule is OCCOCCOCCNCc1cc2ccccc2c2c1OC(c1ccccc1)(c1ccccc1)C=C2. The maximum Gasteiger partial charge on any atom is 0.178 e. The molecule has 1 aliphatic heterocycles. The van der Waals surface area contributed by atoms with Crippen molar-refractivity contribution < 1.29 is 19.3 Å². The molecule has 1 heterocycles. The lowest BCUT2D eigenvalue weighted by atomic mass is 9.82. The first kappa shape index (κ1) is 25.2. The predicted molar refractivity (Wildman–Crippen MR) is 148 cm³/mol. The molecule has 4 aromatic rings. The Labute approximate surface area is 218 Å². The van der Waals surface area contributed by atoms with E-state index in [0.717, 1.165) is 28.0 Å². The van der Waals surface area contributed by atoms with Gasteiger partial charge in [0.25, 0.3) is 0 Å². The van der Waals surface area contributed by atoms with Gasteiger partial charge < -0.3 is 24.6 Å². The summed E-state index contributed by atoms with van der Waals surface area (Å²) in [4.78, 5) is 0. The van der Waals surface area contributed by atoms with E-state index in [-0.39, 0.29) is 6.61 Å². The standard InChI is InChI=1S/C32H33NO4/c34-18-20-36-22-21-35-19-17-33-24-26-23-25-9-7-8-14-29(25)30-15-16-32(37-31(26)30,27-10-3-1-4-11-27)28-12-5-2-6-13-28/h1-16,23,33-34H,17-22,24H2. The van der Waals surface area contributed by atoms with Crippen LogP contribution in [0, 0.1) is 0 Å². The summed E-state index contributed by atoms with van der Waals surface area (Å²) in [5, 5.41) is 14.7. The molecule has 0 spiro atoms. The molecule has 0 saturated heterocycles. The first-order chi connectivity index (χ1) is 18.3. The summed E-state index contributed by atoms with van der Waals surface area (Å²) in [5.41, 5.74) is 3.68. The van der Waals surface area contributed by atoms with Gasteiger partial charge in [0.1, 0.15) is 5.75 Å². The second-order valence-corrected chi connectivity index (χ2v) is 9.03. The summed E-state index contributed by atoms with van der Waals surface area (Å²) in [7, 11) is 0. The minimum absolute atomic E-state index is 0.0325. The van der Waals surface area contributed by atoms with E-state index in [4.69, 9.17) is 19.3 Å². The molecule has 5 nitrogen and oxygen atoms in total. The van der Waals surface area contributed by atoms with Gasteiger partial charge in [-0.05, 0) is 29.0 Å². The van der Waals surface area contributed by atoms with Gasteiger partial charge in [-0.3, -0.25) is 0 Å². The third-order valence-electron chi connectivity index (χ3n) is 6.62. The normalized spacial score (nSPS) is 13.9. The van der Waals surface area contributed by atoms with Crippen molar-refractivity contribution in [1.82, 2.24) is 5.32 Å². The summed E-state index contributed by atoms with van der Waals surface area (Å²) < 4.78 is 17.9. The van der Waals surface area contributed by atoms with Gasteiger partial charge in [0.2, 0.25) is 0 Å². The minimum Gasteiger partial charge on any atom is -0.473 e. The Morgan fingerprint density at radius 2 is 1.41 bits per heavy atom. The molecule has 0 unspecified atom stereocenters. The van der Waals surface area contributed by atoms with Crippen LogP contribution in [-0.4, -0.2) is 44.7 Å². The van der Waals surface area contributed by atoms with Crippen LogP contribution in [0.4, 0.5) is 0 Å². The quantitative estimate of drug-likeness (QED) is 0.261. The van der Waals surface area contributed by atoms with E-state index < -0.39 is 5.60 Å². The number of aliphatic hydroxyl groups is 1. The first-order valence-electron chi connectivity index (χ1n) is 12.8. The molecular formula is C32H33NO4. The molecule has 0 fully saturated rings. The Bertz CT molecular complexity index is 1280. The van der Waals surface area contributed by atoms with Crippen LogP contribution >= 0.6 is 0 Å². The molecular weight excluding hydrogens is 462 g/mol. The van der Waals surface area contributed by atoms with E-state index in [1.807, 2.05) is 12.1 Å². The van der Waals surface area contributed by atoms with Gasteiger partial charge in [-0.2, -0.15) is 0 Å². The number of hydrogen-bond acceptors (Lipinski definition) is 5. The van der Waals surface area contributed by atoms with Crippen LogP contribution in [-0.2, 0) is 21.6 Å². The zero-order chi connectivity index (χ0) is 25.3. The summed E-state index contributed by atoms with van der Waals surface area (Å²) in [6, 6.07) is 31.5. The van der Waals surface area contributed by atoms with Gasteiger partial charge in [-0.25, -0.2) is 0 Å². The number of aliphatic hydroxyl groups excluding tert-OH is 1. The van der Waals surface area contributed by atoms with Crippen LogP contribution in [0.3, 0.4) is 0 Å². The molecule has 0 amide bonds. The van der Waals surface area contributed by atoms with E-state index in [1.165, 1.54) is 10.8 Å². The molecule has 0 aromatic heterocycles. The second kappa shape index (κ2) is 12.2.